The second-order valence-corrected chi connectivity index (χ2v) is 13.6. The van der Waals surface area contributed by atoms with E-state index in [9.17, 15) is 24.4 Å². The molecule has 0 heterocycles. The van der Waals surface area contributed by atoms with Crippen molar-refractivity contribution in [3.8, 4) is 37.0 Å². The summed E-state index contributed by atoms with van der Waals surface area (Å²) < 4.78 is 5.60. The van der Waals surface area contributed by atoms with Crippen LogP contribution in [0.1, 0.15) is 64.2 Å². The van der Waals surface area contributed by atoms with Gasteiger partial charge in [0.15, 0.2) is 6.49 Å². The van der Waals surface area contributed by atoms with E-state index >= 15 is 0 Å². The fourth-order valence-electron chi connectivity index (χ4n) is 4.58. The molecule has 1 fully saturated rings. The largest absolute Gasteiger partial charge is 0.378 e. The summed E-state index contributed by atoms with van der Waals surface area (Å²) in [6.45, 7) is -1.04. The highest BCUT2D eigenvalue weighted by Crippen LogP contribution is 2.43. The minimum absolute atomic E-state index is 0.0670. The zero-order valence-corrected chi connectivity index (χ0v) is 24.3. The van der Waals surface area contributed by atoms with Gasteiger partial charge in [-0.3, -0.25) is 19.7 Å². The summed E-state index contributed by atoms with van der Waals surface area (Å²) in [5, 5.41) is 22.4. The zero-order chi connectivity index (χ0) is 29.3. The van der Waals surface area contributed by atoms with E-state index in [1.54, 1.807) is 0 Å². The molecule has 0 saturated heterocycles. The molecule has 10 nitrogen and oxygen atoms in total. The lowest BCUT2D eigenvalue weighted by Crippen LogP contribution is -2.54. The van der Waals surface area contributed by atoms with Crippen LogP contribution in [-0.4, -0.2) is 71.9 Å². The normalized spacial score (nSPS) is 19.3. The highest BCUT2D eigenvalue weighted by Gasteiger charge is 2.37. The molecule has 39 heavy (non-hydrogen) atoms. The lowest BCUT2D eigenvalue weighted by Gasteiger charge is -2.41. The Morgan fingerprint density at radius 1 is 0.897 bits per heavy atom. The van der Waals surface area contributed by atoms with Crippen molar-refractivity contribution < 1.29 is 28.9 Å². The Hall–Kier alpha value is -2.42. The van der Waals surface area contributed by atoms with Gasteiger partial charge in [0.2, 0.25) is 17.7 Å². The van der Waals surface area contributed by atoms with Crippen LogP contribution in [-0.2, 0) is 30.7 Å². The van der Waals surface area contributed by atoms with E-state index in [-0.39, 0.29) is 87.9 Å². The Bertz CT molecular complexity index is 904. The van der Waals surface area contributed by atoms with E-state index in [2.05, 4.69) is 39.0 Å². The number of hydrogen-bond acceptors (Lipinski definition) is 7. The smallest absolute Gasteiger partial charge is 0.220 e. The monoisotopic (exact) mass is 580 g/mol. The predicted octanol–water partition coefficient (Wildman–Crippen LogP) is 0.729. The number of carbonyl (C=O) groups excluding carboxylic acids is 3. The van der Waals surface area contributed by atoms with Gasteiger partial charge in [-0.15, -0.1) is 19.3 Å². The Morgan fingerprint density at radius 3 is 1.62 bits per heavy atom. The minimum atomic E-state index is -2.79. The van der Waals surface area contributed by atoms with E-state index in [4.69, 9.17) is 35.6 Å². The number of nitrogens with one attached hydrogen (secondary N) is 4. The van der Waals surface area contributed by atoms with Crippen molar-refractivity contribution in [2.24, 2.45) is 5.92 Å². The molecule has 216 valence electrons. The number of rotatable bonds is 17. The molecule has 0 spiro atoms. The number of carbonyl (C=O) groups is 3. The molecule has 0 bridgehead atoms. The van der Waals surface area contributed by atoms with Crippen molar-refractivity contribution in [3.63, 3.8) is 0 Å². The maximum Gasteiger partial charge on any atom is 0.220 e. The number of hydrogen-bond donors (Lipinski definition) is 6. The molecule has 3 amide bonds. The fraction of sp³-hybridized carbons (Fsp3) is 0.667. The second-order valence-electron chi connectivity index (χ2n) is 9.76. The first-order valence-corrected chi connectivity index (χ1v) is 16.1. The molecule has 12 heteroatoms. The molecule has 1 aliphatic carbocycles. The minimum Gasteiger partial charge on any atom is -0.378 e. The van der Waals surface area contributed by atoms with Crippen LogP contribution in [0.25, 0.3) is 0 Å². The topological polar surface area (TPSA) is 149 Å². The third kappa shape index (κ3) is 15.1. The van der Waals surface area contributed by atoms with Gasteiger partial charge in [-0.1, -0.05) is 17.8 Å². The average molecular weight is 581 g/mol. The molecule has 0 radical (unpaired) electrons. The van der Waals surface area contributed by atoms with Crippen molar-refractivity contribution in [3.05, 3.63) is 0 Å². The lowest BCUT2D eigenvalue weighted by atomic mass is 9.80. The number of terminal acetylenes is 3. The molecule has 0 aromatic heterocycles. The summed E-state index contributed by atoms with van der Waals surface area (Å²) in [7, 11) is 0. The van der Waals surface area contributed by atoms with Crippen molar-refractivity contribution in [2.45, 2.75) is 82.1 Å². The van der Waals surface area contributed by atoms with Gasteiger partial charge < -0.3 is 30.5 Å². The average Bonchev–Trinajstić information content (AvgIpc) is 2.89. The molecule has 1 rings (SSSR count). The molecule has 2 atom stereocenters. The third-order valence-corrected chi connectivity index (χ3v) is 7.57. The predicted molar refractivity (Wildman–Crippen MR) is 154 cm³/mol. The van der Waals surface area contributed by atoms with E-state index in [0.717, 1.165) is 0 Å². The van der Waals surface area contributed by atoms with E-state index in [1.165, 1.54) is 6.66 Å². The third-order valence-electron chi connectivity index (χ3n) is 6.62. The van der Waals surface area contributed by atoms with Crippen LogP contribution in [0.5, 0.6) is 0 Å². The van der Waals surface area contributed by atoms with Crippen LogP contribution in [0.3, 0.4) is 0 Å². The van der Waals surface area contributed by atoms with Crippen LogP contribution in [0.15, 0.2) is 0 Å². The first-order chi connectivity index (χ1) is 18.4. The van der Waals surface area contributed by atoms with E-state index < -0.39 is 18.3 Å². The van der Waals surface area contributed by atoms with Gasteiger partial charge >= 0.3 is 0 Å². The first kappa shape index (κ1) is 34.6. The standard InChI is InChI=1S/C27H41N4O6PS/c1-5-18-28-23(32)12-15-27(16-13-24(33)29-19-6-2,17-14-25(34)30-20-7-3)31-26(35)21-8-10-22(11-9-21)37-38(4,36)39/h1-3,21-22,26,31,35H,8-20H2,4H3,(H,28,32)(H,29,33)(H,30,34)(H,36,39). The fourth-order valence-corrected chi connectivity index (χ4v) is 5.71. The van der Waals surface area contributed by atoms with Gasteiger partial charge in [-0.25, -0.2) is 0 Å². The number of aliphatic hydroxyl groups is 1. The summed E-state index contributed by atoms with van der Waals surface area (Å²) in [5.74, 6) is 6.08. The molecular weight excluding hydrogens is 539 g/mol. The summed E-state index contributed by atoms with van der Waals surface area (Å²) in [6.07, 6.45) is 18.0. The molecular formula is C27H41N4O6PS. The lowest BCUT2D eigenvalue weighted by molar-refractivity contribution is -0.122. The highest BCUT2D eigenvalue weighted by molar-refractivity contribution is 8.09. The maximum absolute atomic E-state index is 12.4. The quantitative estimate of drug-likeness (QED) is 0.0838. The number of amides is 3. The van der Waals surface area contributed by atoms with Crippen molar-refractivity contribution >= 4 is 36.0 Å². The van der Waals surface area contributed by atoms with Crippen LogP contribution in [0.4, 0.5) is 0 Å². The molecule has 0 aromatic carbocycles. The SMILES string of the molecule is C#CCNC(=O)CCC(CCC(=O)NCC#C)(CCC(=O)NCC#C)NC(O)C1CCC(OP(C)(O)=S)CC1. The molecule has 1 aliphatic rings. The van der Waals surface area contributed by atoms with Crippen molar-refractivity contribution in [2.75, 3.05) is 26.3 Å². The van der Waals surface area contributed by atoms with Gasteiger partial charge in [0, 0.05) is 31.5 Å². The van der Waals surface area contributed by atoms with Gasteiger partial charge in [0.1, 0.15) is 6.23 Å². The molecule has 1 saturated carbocycles. The maximum atomic E-state index is 12.4. The van der Waals surface area contributed by atoms with Crippen LogP contribution >= 0.6 is 6.49 Å². The van der Waals surface area contributed by atoms with Gasteiger partial charge in [0.25, 0.3) is 0 Å². The molecule has 0 aromatic rings. The van der Waals surface area contributed by atoms with Gasteiger partial charge in [0.05, 0.1) is 25.7 Å². The van der Waals surface area contributed by atoms with Crippen LogP contribution in [0, 0.1) is 42.9 Å². The number of aliphatic hydroxyl groups excluding tert-OH is 1. The van der Waals surface area contributed by atoms with E-state index in [1.807, 2.05) is 0 Å². The molecule has 2 unspecified atom stereocenters. The van der Waals surface area contributed by atoms with Crippen LogP contribution in [0.2, 0.25) is 0 Å². The van der Waals surface area contributed by atoms with Crippen molar-refractivity contribution in [1.29, 1.82) is 0 Å². The zero-order valence-electron chi connectivity index (χ0n) is 22.5. The second kappa shape index (κ2) is 18.0. The Balaban J connectivity index is 3.08. The summed E-state index contributed by atoms with van der Waals surface area (Å²) >= 11 is 5.00. The Morgan fingerprint density at radius 2 is 1.28 bits per heavy atom. The van der Waals surface area contributed by atoms with Gasteiger partial charge in [-0.2, -0.15) is 0 Å². The van der Waals surface area contributed by atoms with E-state index in [0.29, 0.717) is 25.7 Å². The Kier molecular flexibility index (Phi) is 16.0. The highest BCUT2D eigenvalue weighted by atomic mass is 32.5. The summed E-state index contributed by atoms with van der Waals surface area (Å²) in [4.78, 5) is 47.1. The first-order valence-electron chi connectivity index (χ1n) is 13.0. The Labute approximate surface area is 237 Å². The van der Waals surface area contributed by atoms with Crippen molar-refractivity contribution in [1.82, 2.24) is 21.3 Å². The van der Waals surface area contributed by atoms with Gasteiger partial charge in [-0.05, 0) is 62.7 Å². The summed E-state index contributed by atoms with van der Waals surface area (Å²) in [5.41, 5.74) is -0.933. The molecule has 0 aliphatic heterocycles. The molecule has 6 N–H and O–H groups in total. The van der Waals surface area contributed by atoms with Crippen LogP contribution < -0.4 is 21.3 Å². The summed E-state index contributed by atoms with van der Waals surface area (Å²) in [6, 6.07) is 0.